The Bertz CT molecular complexity index is 289. The monoisotopic (exact) mass is 193 g/mol. The zero-order valence-corrected chi connectivity index (χ0v) is 8.22. The molecule has 0 saturated heterocycles. The average molecular weight is 193 g/mol. The Morgan fingerprint density at radius 3 is 2.50 bits per heavy atom. The van der Waals surface area contributed by atoms with Gasteiger partial charge in [0.25, 0.3) is 0 Å². The van der Waals surface area contributed by atoms with Crippen LogP contribution in [0.3, 0.4) is 0 Å². The third-order valence-corrected chi connectivity index (χ3v) is 2.01. The molecular weight excluding hydrogens is 178 g/mol. The molecule has 0 heterocycles. The summed E-state index contributed by atoms with van der Waals surface area (Å²) >= 11 is 0. The van der Waals surface area contributed by atoms with E-state index in [0.29, 0.717) is 0 Å². The minimum atomic E-state index is -0.0243. The molecule has 1 atom stereocenters. The Morgan fingerprint density at radius 2 is 2.00 bits per heavy atom. The standard InChI is InChI=1S/C11H15NO2/c1-2-10(8-13)12-7-9-3-5-11(14)6-4-9/h3-7,10,13-14H,2,8H2,1H3/t10-/m1/s1. The van der Waals surface area contributed by atoms with E-state index in [9.17, 15) is 0 Å². The van der Waals surface area contributed by atoms with Crippen LogP contribution < -0.4 is 0 Å². The lowest BCUT2D eigenvalue weighted by Crippen LogP contribution is -2.08. The van der Waals surface area contributed by atoms with Crippen molar-refractivity contribution in [2.24, 2.45) is 4.99 Å². The number of aliphatic hydroxyl groups is 1. The lowest BCUT2D eigenvalue weighted by Gasteiger charge is -2.03. The summed E-state index contributed by atoms with van der Waals surface area (Å²) in [5.41, 5.74) is 0.926. The first-order valence-corrected chi connectivity index (χ1v) is 4.69. The number of rotatable bonds is 4. The highest BCUT2D eigenvalue weighted by Crippen LogP contribution is 2.08. The number of aliphatic imine (C=N–C) groups is 1. The van der Waals surface area contributed by atoms with E-state index in [1.807, 2.05) is 6.92 Å². The van der Waals surface area contributed by atoms with Crippen LogP contribution in [0.5, 0.6) is 5.75 Å². The summed E-state index contributed by atoms with van der Waals surface area (Å²) in [7, 11) is 0. The van der Waals surface area contributed by atoms with Gasteiger partial charge in [-0.05, 0) is 36.2 Å². The predicted molar refractivity (Wildman–Crippen MR) is 56.9 cm³/mol. The number of nitrogens with zero attached hydrogens (tertiary/aromatic N) is 1. The van der Waals surface area contributed by atoms with Crippen molar-refractivity contribution in [1.82, 2.24) is 0 Å². The molecule has 0 aliphatic rings. The van der Waals surface area contributed by atoms with E-state index >= 15 is 0 Å². The molecule has 76 valence electrons. The molecule has 0 aromatic heterocycles. The second-order valence-electron chi connectivity index (χ2n) is 3.11. The molecule has 0 radical (unpaired) electrons. The first kappa shape index (κ1) is 10.7. The van der Waals surface area contributed by atoms with E-state index in [4.69, 9.17) is 10.2 Å². The quantitative estimate of drug-likeness (QED) is 0.713. The maximum atomic E-state index is 9.04. The van der Waals surface area contributed by atoms with Crippen LogP contribution in [0.25, 0.3) is 0 Å². The van der Waals surface area contributed by atoms with Crippen LogP contribution >= 0.6 is 0 Å². The second-order valence-corrected chi connectivity index (χ2v) is 3.11. The Balaban J connectivity index is 2.63. The fourth-order valence-corrected chi connectivity index (χ4v) is 1.03. The molecule has 0 fully saturated rings. The number of phenolic OH excluding ortho intramolecular Hbond substituents is 1. The number of phenols is 1. The maximum absolute atomic E-state index is 9.04. The molecule has 1 aromatic rings. The third kappa shape index (κ3) is 3.18. The number of aliphatic hydroxyl groups excluding tert-OH is 1. The fourth-order valence-electron chi connectivity index (χ4n) is 1.03. The van der Waals surface area contributed by atoms with E-state index in [0.717, 1.165) is 12.0 Å². The SMILES string of the molecule is CC[C@H](CO)N=Cc1ccc(O)cc1. The minimum absolute atomic E-state index is 0.0243. The predicted octanol–water partition coefficient (Wildman–Crippen LogP) is 1.58. The van der Waals surface area contributed by atoms with Crippen molar-refractivity contribution >= 4 is 6.21 Å². The summed E-state index contributed by atoms with van der Waals surface area (Å²) in [5.74, 6) is 0.247. The normalized spacial score (nSPS) is 13.3. The van der Waals surface area contributed by atoms with Crippen LogP contribution in [0.1, 0.15) is 18.9 Å². The molecule has 0 amide bonds. The molecule has 3 nitrogen and oxygen atoms in total. The Kier molecular flexibility index (Phi) is 4.13. The highest BCUT2D eigenvalue weighted by atomic mass is 16.3. The van der Waals surface area contributed by atoms with Gasteiger partial charge >= 0.3 is 0 Å². The van der Waals surface area contributed by atoms with Crippen LogP contribution in [-0.4, -0.2) is 29.1 Å². The van der Waals surface area contributed by atoms with E-state index < -0.39 is 0 Å². The molecule has 1 rings (SSSR count). The van der Waals surface area contributed by atoms with Gasteiger partial charge in [0.2, 0.25) is 0 Å². The van der Waals surface area contributed by atoms with Gasteiger partial charge in [-0.1, -0.05) is 6.92 Å². The molecule has 2 N–H and O–H groups in total. The highest BCUT2D eigenvalue weighted by Gasteiger charge is 1.98. The molecule has 1 aromatic carbocycles. The van der Waals surface area contributed by atoms with E-state index in [-0.39, 0.29) is 18.4 Å². The maximum Gasteiger partial charge on any atom is 0.115 e. The van der Waals surface area contributed by atoms with E-state index in [1.165, 1.54) is 0 Å². The van der Waals surface area contributed by atoms with Crippen molar-refractivity contribution in [3.8, 4) is 5.75 Å². The summed E-state index contributed by atoms with van der Waals surface area (Å²) in [4.78, 5) is 4.20. The molecule has 0 spiro atoms. The number of benzene rings is 1. The Hall–Kier alpha value is -1.35. The summed E-state index contributed by atoms with van der Waals surface area (Å²) in [6, 6.07) is 6.76. The van der Waals surface area contributed by atoms with Gasteiger partial charge in [0.15, 0.2) is 0 Å². The highest BCUT2D eigenvalue weighted by molar-refractivity contribution is 5.79. The summed E-state index contributed by atoms with van der Waals surface area (Å²) in [5, 5.41) is 17.9. The molecule has 0 aliphatic carbocycles. The van der Waals surface area contributed by atoms with E-state index in [2.05, 4.69) is 4.99 Å². The molecular formula is C11H15NO2. The van der Waals surface area contributed by atoms with Gasteiger partial charge in [-0.2, -0.15) is 0 Å². The lowest BCUT2D eigenvalue weighted by molar-refractivity contribution is 0.264. The van der Waals surface area contributed by atoms with Gasteiger partial charge in [0, 0.05) is 6.21 Å². The van der Waals surface area contributed by atoms with Gasteiger partial charge in [-0.3, -0.25) is 4.99 Å². The van der Waals surface area contributed by atoms with Gasteiger partial charge in [-0.25, -0.2) is 0 Å². The van der Waals surface area contributed by atoms with Crippen molar-refractivity contribution in [3.05, 3.63) is 29.8 Å². The average Bonchev–Trinajstić information content (AvgIpc) is 2.22. The largest absolute Gasteiger partial charge is 0.508 e. The van der Waals surface area contributed by atoms with Gasteiger partial charge in [0.05, 0.1) is 12.6 Å². The number of hydrogen-bond donors (Lipinski definition) is 2. The first-order chi connectivity index (χ1) is 6.76. The van der Waals surface area contributed by atoms with Crippen molar-refractivity contribution in [2.45, 2.75) is 19.4 Å². The molecule has 14 heavy (non-hydrogen) atoms. The molecule has 0 aliphatic heterocycles. The molecule has 0 unspecified atom stereocenters. The van der Waals surface area contributed by atoms with Crippen molar-refractivity contribution in [1.29, 1.82) is 0 Å². The van der Waals surface area contributed by atoms with Crippen molar-refractivity contribution < 1.29 is 10.2 Å². The number of hydrogen-bond acceptors (Lipinski definition) is 3. The molecule has 0 saturated carbocycles. The summed E-state index contributed by atoms with van der Waals surface area (Å²) < 4.78 is 0. The van der Waals surface area contributed by atoms with Crippen LogP contribution in [-0.2, 0) is 0 Å². The minimum Gasteiger partial charge on any atom is -0.508 e. The lowest BCUT2D eigenvalue weighted by atomic mass is 10.2. The zero-order valence-electron chi connectivity index (χ0n) is 8.22. The molecule has 3 heteroatoms. The third-order valence-electron chi connectivity index (χ3n) is 2.01. The second kappa shape index (κ2) is 5.40. The summed E-state index contributed by atoms with van der Waals surface area (Å²) in [6.07, 6.45) is 2.54. The Labute approximate surface area is 83.7 Å². The van der Waals surface area contributed by atoms with Crippen molar-refractivity contribution in [3.63, 3.8) is 0 Å². The van der Waals surface area contributed by atoms with Gasteiger partial charge < -0.3 is 10.2 Å². The number of aromatic hydroxyl groups is 1. The van der Waals surface area contributed by atoms with Gasteiger partial charge in [0.1, 0.15) is 5.75 Å². The van der Waals surface area contributed by atoms with E-state index in [1.54, 1.807) is 30.5 Å². The Morgan fingerprint density at radius 1 is 1.36 bits per heavy atom. The van der Waals surface area contributed by atoms with Crippen molar-refractivity contribution in [2.75, 3.05) is 6.61 Å². The topological polar surface area (TPSA) is 52.8 Å². The summed E-state index contributed by atoms with van der Waals surface area (Å²) in [6.45, 7) is 2.06. The van der Waals surface area contributed by atoms with Crippen LogP contribution in [0.4, 0.5) is 0 Å². The van der Waals surface area contributed by atoms with Crippen LogP contribution in [0.15, 0.2) is 29.3 Å². The fraction of sp³-hybridized carbons (Fsp3) is 0.364. The van der Waals surface area contributed by atoms with Gasteiger partial charge in [-0.15, -0.1) is 0 Å². The van der Waals surface area contributed by atoms with Crippen LogP contribution in [0.2, 0.25) is 0 Å². The zero-order chi connectivity index (χ0) is 10.4. The van der Waals surface area contributed by atoms with Crippen LogP contribution in [0, 0.1) is 0 Å². The smallest absolute Gasteiger partial charge is 0.115 e. The molecule has 0 bridgehead atoms. The first-order valence-electron chi connectivity index (χ1n) is 4.69.